The van der Waals surface area contributed by atoms with Crippen LogP contribution < -0.4 is 15.0 Å². The lowest BCUT2D eigenvalue weighted by Crippen LogP contribution is -2.54. The minimum Gasteiger partial charge on any atom is -0.474 e. The fraction of sp³-hybridized carbons (Fsp3) is 0.409. The lowest BCUT2D eigenvalue weighted by Gasteiger charge is -2.41. The fourth-order valence-electron chi connectivity index (χ4n) is 8.28. The second kappa shape index (κ2) is 16.9. The van der Waals surface area contributed by atoms with Crippen molar-refractivity contribution in [3.8, 4) is 17.0 Å². The Hall–Kier alpha value is -5.74. The number of ether oxygens (including phenoxy) is 5. The highest BCUT2D eigenvalue weighted by atomic mass is 16.6. The first-order chi connectivity index (χ1) is 28.8. The molecule has 4 aliphatic rings. The molecule has 1 aliphatic carbocycles. The predicted molar refractivity (Wildman–Crippen MR) is 216 cm³/mol. The molecule has 15 nitrogen and oxygen atoms in total. The van der Waals surface area contributed by atoms with Crippen LogP contribution in [-0.4, -0.2) is 121 Å². The Morgan fingerprint density at radius 3 is 2.29 bits per heavy atom. The summed E-state index contributed by atoms with van der Waals surface area (Å²) in [5, 5.41) is 4.56. The number of fused-ring (bicyclic) bond motifs is 4. The van der Waals surface area contributed by atoms with E-state index in [2.05, 4.69) is 56.1 Å². The zero-order chi connectivity index (χ0) is 40.5. The second-order valence-corrected chi connectivity index (χ2v) is 15.5. The van der Waals surface area contributed by atoms with Gasteiger partial charge in [0.05, 0.1) is 69.0 Å². The van der Waals surface area contributed by atoms with Gasteiger partial charge in [0.2, 0.25) is 17.7 Å². The molecule has 3 fully saturated rings. The third kappa shape index (κ3) is 8.02. The number of nitrogens with zero attached hydrogens (tertiary/aromatic N) is 5. The van der Waals surface area contributed by atoms with E-state index in [4.69, 9.17) is 23.7 Å². The number of imide groups is 2. The summed E-state index contributed by atoms with van der Waals surface area (Å²) in [5.74, 6) is -1.06. The molecule has 1 N–H and O–H groups in total. The van der Waals surface area contributed by atoms with E-state index in [9.17, 15) is 19.2 Å². The van der Waals surface area contributed by atoms with E-state index in [0.717, 1.165) is 64.1 Å². The summed E-state index contributed by atoms with van der Waals surface area (Å²) >= 11 is 0. The quantitative estimate of drug-likeness (QED) is 0.105. The van der Waals surface area contributed by atoms with Gasteiger partial charge < -0.3 is 33.2 Å². The molecule has 15 heteroatoms. The van der Waals surface area contributed by atoms with Crippen LogP contribution >= 0.6 is 0 Å². The smallest absolute Gasteiger partial charge is 0.262 e. The lowest BCUT2D eigenvalue weighted by molar-refractivity contribution is -0.136. The number of pyridine rings is 2. The monoisotopic (exact) mass is 802 g/mol. The molecule has 3 aromatic heterocycles. The summed E-state index contributed by atoms with van der Waals surface area (Å²) in [6.45, 7) is 5.04. The molecule has 59 heavy (non-hydrogen) atoms. The van der Waals surface area contributed by atoms with Gasteiger partial charge in [-0.05, 0) is 48.4 Å². The number of piperidine rings is 1. The minimum atomic E-state index is -0.975. The van der Waals surface area contributed by atoms with Crippen molar-refractivity contribution in [2.24, 2.45) is 13.0 Å². The molecule has 306 valence electrons. The highest BCUT2D eigenvalue weighted by Gasteiger charge is 2.45. The van der Waals surface area contributed by atoms with Crippen LogP contribution in [0.1, 0.15) is 46.4 Å². The van der Waals surface area contributed by atoms with Gasteiger partial charge >= 0.3 is 0 Å². The van der Waals surface area contributed by atoms with Crippen LogP contribution in [0.15, 0.2) is 73.2 Å². The highest BCUT2D eigenvalue weighted by molar-refractivity contribution is 6.23. The standard InChI is InChI=1S/C44H46N6O9/c1-48-37-10-11-45-23-36(37)33-5-2-28(18-39(33)48)29-3-9-41(46-22-29)59-32-20-31(21-32)58-17-16-56-13-12-55-14-15-57-26-27-24-49(25-27)30-4-6-34-35(19-30)44(54)50(43(34)53)38-7-8-40(51)47-42(38)52/h2-6,9-11,18-19,22-23,27,31-32,38H,7-8,12-17,20-21,24-26H2,1H3,(H,47,51,52). The summed E-state index contributed by atoms with van der Waals surface area (Å²) in [5.41, 5.74) is 5.85. The predicted octanol–water partition coefficient (Wildman–Crippen LogP) is 4.30. The minimum absolute atomic E-state index is 0.0881. The van der Waals surface area contributed by atoms with Crippen molar-refractivity contribution in [3.63, 3.8) is 0 Å². The largest absolute Gasteiger partial charge is 0.474 e. The van der Waals surface area contributed by atoms with E-state index >= 15 is 0 Å². The first-order valence-corrected chi connectivity index (χ1v) is 20.2. The second-order valence-electron chi connectivity index (χ2n) is 15.5. The average Bonchev–Trinajstić information content (AvgIpc) is 3.64. The maximum atomic E-state index is 13.1. The van der Waals surface area contributed by atoms with Crippen LogP contribution in [-0.2, 0) is 35.6 Å². The lowest BCUT2D eigenvalue weighted by atomic mass is 9.92. The number of anilines is 1. The van der Waals surface area contributed by atoms with Crippen LogP contribution in [0.4, 0.5) is 5.69 Å². The first-order valence-electron chi connectivity index (χ1n) is 20.2. The summed E-state index contributed by atoms with van der Waals surface area (Å²) in [4.78, 5) is 61.9. The number of carbonyl (C=O) groups is 4. The zero-order valence-electron chi connectivity index (χ0n) is 32.8. The molecule has 3 aliphatic heterocycles. The first kappa shape index (κ1) is 38.8. The molecule has 0 radical (unpaired) electrons. The molecule has 1 atom stereocenters. The van der Waals surface area contributed by atoms with Crippen molar-refractivity contribution in [2.45, 2.75) is 43.9 Å². The van der Waals surface area contributed by atoms with Gasteiger partial charge in [-0.25, -0.2) is 4.98 Å². The van der Waals surface area contributed by atoms with Gasteiger partial charge in [-0.15, -0.1) is 0 Å². The molecule has 2 saturated heterocycles. The van der Waals surface area contributed by atoms with Crippen molar-refractivity contribution < 1.29 is 42.9 Å². The number of hydrogen-bond acceptors (Lipinski definition) is 12. The van der Waals surface area contributed by atoms with E-state index < -0.39 is 29.7 Å². The van der Waals surface area contributed by atoms with Crippen LogP contribution in [0.3, 0.4) is 0 Å². The topological polar surface area (TPSA) is 164 Å². The summed E-state index contributed by atoms with van der Waals surface area (Å²) < 4.78 is 31.4. The number of nitrogens with one attached hydrogen (secondary N) is 1. The highest BCUT2D eigenvalue weighted by Crippen LogP contribution is 2.34. The van der Waals surface area contributed by atoms with Gasteiger partial charge in [-0.3, -0.25) is 34.4 Å². The number of benzene rings is 2. The van der Waals surface area contributed by atoms with Crippen molar-refractivity contribution in [2.75, 3.05) is 64.2 Å². The molecule has 5 aromatic rings. The fourth-order valence-corrected chi connectivity index (χ4v) is 8.28. The summed E-state index contributed by atoms with van der Waals surface area (Å²) in [6, 6.07) is 16.7. The molecule has 9 rings (SSSR count). The molecule has 1 saturated carbocycles. The number of aryl methyl sites for hydroxylation is 1. The van der Waals surface area contributed by atoms with E-state index in [-0.39, 0.29) is 36.2 Å². The Labute approximate surface area is 340 Å². The van der Waals surface area contributed by atoms with Crippen LogP contribution in [0.5, 0.6) is 5.88 Å². The van der Waals surface area contributed by atoms with Crippen LogP contribution in [0.2, 0.25) is 0 Å². The van der Waals surface area contributed by atoms with Gasteiger partial charge in [0.1, 0.15) is 12.1 Å². The Morgan fingerprint density at radius 1 is 0.746 bits per heavy atom. The number of rotatable bonds is 17. The van der Waals surface area contributed by atoms with Gasteiger partial charge in [-0.1, -0.05) is 12.1 Å². The Morgan fingerprint density at radius 2 is 1.51 bits per heavy atom. The van der Waals surface area contributed by atoms with Gasteiger partial charge in [0, 0.05) is 97.5 Å². The Kier molecular flexibility index (Phi) is 11.1. The molecular weight excluding hydrogens is 757 g/mol. The Balaban J connectivity index is 0.593. The molecule has 1 unspecified atom stereocenters. The number of carbonyl (C=O) groups excluding carboxylic acids is 4. The molecule has 6 heterocycles. The molecule has 2 aromatic carbocycles. The van der Waals surface area contributed by atoms with E-state index in [1.165, 1.54) is 5.39 Å². The van der Waals surface area contributed by atoms with Crippen molar-refractivity contribution >= 4 is 51.1 Å². The normalized spacial score (nSPS) is 20.6. The average molecular weight is 803 g/mol. The SMILES string of the molecule is Cn1c2ccncc2c2ccc(-c3ccc(OC4CC(OCCOCCOCCOCC5CN(c6ccc7c(c6)C(=O)N(C6CCC(=O)NC6=O)C7=O)C5)C4)nc3)cc21. The van der Waals surface area contributed by atoms with Crippen molar-refractivity contribution in [1.82, 2.24) is 24.8 Å². The maximum absolute atomic E-state index is 13.1. The maximum Gasteiger partial charge on any atom is 0.262 e. The Bertz CT molecular complexity index is 2390. The number of aromatic nitrogens is 3. The molecule has 4 amide bonds. The zero-order valence-corrected chi connectivity index (χ0v) is 32.8. The molecule has 0 spiro atoms. The number of amides is 4. The van der Waals surface area contributed by atoms with Crippen LogP contribution in [0, 0.1) is 5.92 Å². The van der Waals surface area contributed by atoms with E-state index in [1.54, 1.807) is 12.1 Å². The van der Waals surface area contributed by atoms with Crippen molar-refractivity contribution in [1.29, 1.82) is 0 Å². The van der Waals surface area contributed by atoms with E-state index in [1.807, 2.05) is 36.8 Å². The summed E-state index contributed by atoms with van der Waals surface area (Å²) in [7, 11) is 2.08. The van der Waals surface area contributed by atoms with Crippen molar-refractivity contribution in [3.05, 3.63) is 84.3 Å². The van der Waals surface area contributed by atoms with E-state index in [0.29, 0.717) is 58.0 Å². The van der Waals surface area contributed by atoms with Gasteiger partial charge in [0.25, 0.3) is 11.8 Å². The molecule has 0 bridgehead atoms. The summed E-state index contributed by atoms with van der Waals surface area (Å²) in [6.07, 6.45) is 7.71. The third-order valence-corrected chi connectivity index (χ3v) is 11.6. The third-order valence-electron chi connectivity index (χ3n) is 11.6. The van der Waals surface area contributed by atoms with Gasteiger partial charge in [0.15, 0.2) is 0 Å². The van der Waals surface area contributed by atoms with Crippen LogP contribution in [0.25, 0.3) is 32.9 Å². The van der Waals surface area contributed by atoms with Gasteiger partial charge in [-0.2, -0.15) is 0 Å². The molecular formula is C44H46N6O9. The number of hydrogen-bond donors (Lipinski definition) is 1.